The van der Waals surface area contributed by atoms with E-state index in [1.165, 1.54) is 12.8 Å². The Kier molecular flexibility index (Phi) is 3.06. The monoisotopic (exact) mass is 288 g/mol. The third kappa shape index (κ3) is 2.48. The smallest absolute Gasteiger partial charge is 0.229 e. The van der Waals surface area contributed by atoms with Gasteiger partial charge in [0.05, 0.1) is 18.3 Å². The average molecular weight is 288 g/mol. The van der Waals surface area contributed by atoms with E-state index in [9.17, 15) is 0 Å². The first-order valence-corrected chi connectivity index (χ1v) is 7.71. The van der Waals surface area contributed by atoms with Crippen LogP contribution >= 0.6 is 0 Å². The van der Waals surface area contributed by atoms with Crippen molar-refractivity contribution in [1.29, 1.82) is 0 Å². The van der Waals surface area contributed by atoms with Gasteiger partial charge < -0.3 is 8.94 Å². The number of likely N-dealkylation sites (tertiary alicyclic amines) is 1. The van der Waals surface area contributed by atoms with Gasteiger partial charge in [0.2, 0.25) is 11.8 Å². The highest BCUT2D eigenvalue weighted by atomic mass is 16.5. The van der Waals surface area contributed by atoms with Crippen LogP contribution < -0.4 is 0 Å². The molecule has 2 aliphatic rings. The van der Waals surface area contributed by atoms with Crippen molar-refractivity contribution in [3.05, 3.63) is 29.1 Å². The zero-order chi connectivity index (χ0) is 14.4. The molecule has 2 aromatic heterocycles. The van der Waals surface area contributed by atoms with Crippen molar-refractivity contribution in [3.63, 3.8) is 0 Å². The Morgan fingerprint density at radius 3 is 2.76 bits per heavy atom. The van der Waals surface area contributed by atoms with Crippen molar-refractivity contribution in [2.45, 2.75) is 58.0 Å². The van der Waals surface area contributed by atoms with Gasteiger partial charge in [0.15, 0.2) is 5.82 Å². The van der Waals surface area contributed by atoms with Gasteiger partial charge in [0.25, 0.3) is 0 Å². The maximum absolute atomic E-state index is 5.70. The number of rotatable bonds is 4. The SMILES string of the molecule is Cc1nc(CN2CCC[C@H]2c2noc(C3CC3)n2)oc1C. The highest BCUT2D eigenvalue weighted by Crippen LogP contribution is 2.40. The molecule has 1 aliphatic carbocycles. The molecule has 1 saturated carbocycles. The molecule has 1 aliphatic heterocycles. The summed E-state index contributed by atoms with van der Waals surface area (Å²) < 4.78 is 11.1. The summed E-state index contributed by atoms with van der Waals surface area (Å²) in [6.45, 7) is 5.67. The van der Waals surface area contributed by atoms with E-state index >= 15 is 0 Å². The van der Waals surface area contributed by atoms with Crippen molar-refractivity contribution in [1.82, 2.24) is 20.0 Å². The molecule has 0 radical (unpaired) electrons. The molecule has 6 heteroatoms. The molecule has 2 fully saturated rings. The molecule has 0 N–H and O–H groups in total. The maximum Gasteiger partial charge on any atom is 0.229 e. The van der Waals surface area contributed by atoms with Crippen molar-refractivity contribution >= 4 is 0 Å². The first-order chi connectivity index (χ1) is 10.2. The van der Waals surface area contributed by atoms with Crippen LogP contribution in [-0.2, 0) is 6.54 Å². The Hall–Kier alpha value is -1.69. The largest absolute Gasteiger partial charge is 0.444 e. The molecular weight excluding hydrogens is 268 g/mol. The molecule has 0 spiro atoms. The molecule has 0 unspecified atom stereocenters. The maximum atomic E-state index is 5.70. The minimum atomic E-state index is 0.230. The van der Waals surface area contributed by atoms with Gasteiger partial charge >= 0.3 is 0 Å². The Morgan fingerprint density at radius 2 is 2.05 bits per heavy atom. The fourth-order valence-electron chi connectivity index (χ4n) is 2.97. The van der Waals surface area contributed by atoms with Gasteiger partial charge in [-0.3, -0.25) is 4.90 Å². The van der Waals surface area contributed by atoms with Crippen LogP contribution in [0.1, 0.15) is 66.7 Å². The van der Waals surface area contributed by atoms with E-state index in [0.717, 1.165) is 48.4 Å². The van der Waals surface area contributed by atoms with Gasteiger partial charge in [-0.05, 0) is 46.1 Å². The molecule has 0 bridgehead atoms. The second kappa shape index (κ2) is 4.94. The standard InChI is InChI=1S/C15H20N4O2/c1-9-10(2)20-13(16-9)8-19-7-3-4-12(19)14-17-15(21-18-14)11-5-6-11/h11-12H,3-8H2,1-2H3/t12-/m0/s1. The predicted molar refractivity (Wildman–Crippen MR) is 74.6 cm³/mol. The third-order valence-electron chi connectivity index (χ3n) is 4.46. The zero-order valence-corrected chi connectivity index (χ0v) is 12.5. The van der Waals surface area contributed by atoms with Crippen LogP contribution in [0.5, 0.6) is 0 Å². The lowest BCUT2D eigenvalue weighted by Gasteiger charge is -2.19. The van der Waals surface area contributed by atoms with E-state index in [2.05, 4.69) is 20.0 Å². The van der Waals surface area contributed by atoms with Crippen molar-refractivity contribution in [2.24, 2.45) is 0 Å². The quantitative estimate of drug-likeness (QED) is 0.861. The second-order valence-electron chi connectivity index (χ2n) is 6.14. The molecule has 0 aromatic carbocycles. The van der Waals surface area contributed by atoms with Crippen molar-refractivity contribution in [2.75, 3.05) is 6.54 Å². The van der Waals surface area contributed by atoms with Gasteiger partial charge in [-0.25, -0.2) is 4.98 Å². The van der Waals surface area contributed by atoms with E-state index in [1.807, 2.05) is 13.8 Å². The fraction of sp³-hybridized carbons (Fsp3) is 0.667. The summed E-state index contributed by atoms with van der Waals surface area (Å²) in [4.78, 5) is 11.4. The summed E-state index contributed by atoms with van der Waals surface area (Å²) in [6.07, 6.45) is 4.59. The lowest BCUT2D eigenvalue weighted by atomic mass is 10.2. The number of hydrogen-bond acceptors (Lipinski definition) is 6. The second-order valence-corrected chi connectivity index (χ2v) is 6.14. The Balaban J connectivity index is 1.50. The molecule has 1 atom stereocenters. The molecule has 1 saturated heterocycles. The van der Waals surface area contributed by atoms with E-state index in [0.29, 0.717) is 12.5 Å². The molecule has 0 amide bonds. The summed E-state index contributed by atoms with van der Waals surface area (Å²) in [5, 5.41) is 4.20. The average Bonchev–Trinajstić information content (AvgIpc) is 2.89. The van der Waals surface area contributed by atoms with Crippen LogP contribution in [0, 0.1) is 13.8 Å². The third-order valence-corrected chi connectivity index (χ3v) is 4.46. The van der Waals surface area contributed by atoms with Crippen LogP contribution in [0.25, 0.3) is 0 Å². The molecule has 2 aromatic rings. The predicted octanol–water partition coefficient (Wildman–Crippen LogP) is 2.89. The van der Waals surface area contributed by atoms with Crippen molar-refractivity contribution in [3.8, 4) is 0 Å². The van der Waals surface area contributed by atoms with Gasteiger partial charge in [-0.1, -0.05) is 5.16 Å². The molecule has 21 heavy (non-hydrogen) atoms. The summed E-state index contributed by atoms with van der Waals surface area (Å²) in [7, 11) is 0. The topological polar surface area (TPSA) is 68.2 Å². The van der Waals surface area contributed by atoms with Gasteiger partial charge in [-0.2, -0.15) is 4.98 Å². The zero-order valence-electron chi connectivity index (χ0n) is 12.5. The van der Waals surface area contributed by atoms with E-state index in [1.54, 1.807) is 0 Å². The fourth-order valence-corrected chi connectivity index (χ4v) is 2.97. The highest BCUT2D eigenvalue weighted by Gasteiger charge is 2.34. The summed E-state index contributed by atoms with van der Waals surface area (Å²) in [5.74, 6) is 3.84. The molecule has 3 heterocycles. The van der Waals surface area contributed by atoms with Gasteiger partial charge in [-0.15, -0.1) is 0 Å². The van der Waals surface area contributed by atoms with Crippen LogP contribution in [0.4, 0.5) is 0 Å². The molecular formula is C15H20N4O2. The first kappa shape index (κ1) is 13.0. The van der Waals surface area contributed by atoms with Crippen LogP contribution in [-0.4, -0.2) is 26.6 Å². The van der Waals surface area contributed by atoms with E-state index in [4.69, 9.17) is 8.94 Å². The van der Waals surface area contributed by atoms with E-state index in [-0.39, 0.29) is 6.04 Å². The normalized spacial score (nSPS) is 23.0. The lowest BCUT2D eigenvalue weighted by molar-refractivity contribution is 0.211. The van der Waals surface area contributed by atoms with Crippen molar-refractivity contribution < 1.29 is 8.94 Å². The summed E-state index contributed by atoms with van der Waals surface area (Å²) in [6, 6.07) is 0.230. The Morgan fingerprint density at radius 1 is 1.19 bits per heavy atom. The minimum Gasteiger partial charge on any atom is -0.444 e. The Labute approximate surface area is 123 Å². The number of aryl methyl sites for hydroxylation is 2. The van der Waals surface area contributed by atoms with Crippen LogP contribution in [0.3, 0.4) is 0 Å². The highest BCUT2D eigenvalue weighted by molar-refractivity contribution is 5.07. The number of aromatic nitrogens is 3. The van der Waals surface area contributed by atoms with Gasteiger partial charge in [0.1, 0.15) is 5.76 Å². The molecule has 6 nitrogen and oxygen atoms in total. The number of oxazole rings is 1. The van der Waals surface area contributed by atoms with Crippen LogP contribution in [0.2, 0.25) is 0 Å². The first-order valence-electron chi connectivity index (χ1n) is 7.71. The summed E-state index contributed by atoms with van der Waals surface area (Å²) in [5.41, 5.74) is 0.969. The van der Waals surface area contributed by atoms with Gasteiger partial charge in [0, 0.05) is 5.92 Å². The number of nitrogens with zero attached hydrogens (tertiary/aromatic N) is 4. The lowest BCUT2D eigenvalue weighted by Crippen LogP contribution is -2.23. The Bertz CT molecular complexity index is 624. The number of hydrogen-bond donors (Lipinski definition) is 0. The molecule has 4 rings (SSSR count). The molecule has 112 valence electrons. The van der Waals surface area contributed by atoms with E-state index < -0.39 is 0 Å². The summed E-state index contributed by atoms with van der Waals surface area (Å²) >= 11 is 0. The van der Waals surface area contributed by atoms with Crippen LogP contribution in [0.15, 0.2) is 8.94 Å². The minimum absolute atomic E-state index is 0.230.